The van der Waals surface area contributed by atoms with E-state index in [-0.39, 0.29) is 0 Å². The van der Waals surface area contributed by atoms with Gasteiger partial charge in [0.15, 0.2) is 5.82 Å². The molecule has 0 aromatic carbocycles. The number of ether oxygens (including phenoxy) is 2. The first-order chi connectivity index (χ1) is 8.28. The van der Waals surface area contributed by atoms with Gasteiger partial charge in [-0.2, -0.15) is 0 Å². The summed E-state index contributed by atoms with van der Waals surface area (Å²) in [5.74, 6) is 1.33. The van der Waals surface area contributed by atoms with Crippen LogP contribution in [0.5, 0.6) is 0 Å². The maximum absolute atomic E-state index is 5.94. The van der Waals surface area contributed by atoms with E-state index in [1.54, 1.807) is 6.07 Å². The normalized spacial score (nSPS) is 19.5. The van der Waals surface area contributed by atoms with Crippen LogP contribution in [0.4, 0.5) is 5.82 Å². The molecule has 1 atom stereocenters. The largest absolute Gasteiger partial charge is 0.379 e. The Labute approximate surface area is 105 Å². The smallest absolute Gasteiger partial charge is 0.158 e. The highest BCUT2D eigenvalue weighted by atomic mass is 35.5. The third-order valence-corrected chi connectivity index (χ3v) is 2.65. The number of nitrogens with one attached hydrogen (secondary N) is 1. The topological polar surface area (TPSA) is 56.3 Å². The van der Waals surface area contributed by atoms with E-state index in [1.165, 1.54) is 0 Å². The van der Waals surface area contributed by atoms with Gasteiger partial charge in [0.1, 0.15) is 17.6 Å². The average Bonchev–Trinajstić information content (AvgIpc) is 2.78. The minimum atomic E-state index is 0.306. The number of nitrogens with zero attached hydrogens (tertiary/aromatic N) is 2. The molecule has 1 aromatic heterocycles. The summed E-state index contributed by atoms with van der Waals surface area (Å²) in [7, 11) is 0. The van der Waals surface area contributed by atoms with Crippen molar-refractivity contribution in [2.24, 2.45) is 0 Å². The fourth-order valence-electron chi connectivity index (χ4n) is 1.65. The molecule has 0 bridgehead atoms. The van der Waals surface area contributed by atoms with Gasteiger partial charge in [-0.05, 0) is 13.3 Å². The van der Waals surface area contributed by atoms with Crippen LogP contribution in [0.1, 0.15) is 19.2 Å². The summed E-state index contributed by atoms with van der Waals surface area (Å²) in [5, 5.41) is 3.71. The Balaban J connectivity index is 2.02. The molecular weight excluding hydrogens is 242 g/mol. The van der Waals surface area contributed by atoms with E-state index in [4.69, 9.17) is 21.1 Å². The van der Waals surface area contributed by atoms with Gasteiger partial charge in [-0.1, -0.05) is 11.6 Å². The van der Waals surface area contributed by atoms with Crippen LogP contribution in [-0.2, 0) is 16.1 Å². The summed E-state index contributed by atoms with van der Waals surface area (Å²) in [4.78, 5) is 8.45. The molecule has 1 aliphatic rings. The standard InChI is InChI=1S/C11H16ClN3O2/c1-2-16-7-11-14-9(12)5-10(15-11)13-8-3-4-17-6-8/h5,8H,2-4,6-7H2,1H3,(H,13,14,15). The number of halogens is 1. The molecule has 2 heterocycles. The Kier molecular flexibility index (Phi) is 4.53. The van der Waals surface area contributed by atoms with Gasteiger partial charge in [0.25, 0.3) is 0 Å². The summed E-state index contributed by atoms with van der Waals surface area (Å²) in [6.07, 6.45) is 0.989. The molecule has 0 saturated carbocycles. The summed E-state index contributed by atoms with van der Waals surface area (Å²) < 4.78 is 10.6. The molecule has 1 aliphatic heterocycles. The minimum Gasteiger partial charge on any atom is -0.379 e. The lowest BCUT2D eigenvalue weighted by Gasteiger charge is -2.12. The third kappa shape index (κ3) is 3.80. The molecule has 5 nitrogen and oxygen atoms in total. The van der Waals surface area contributed by atoms with Gasteiger partial charge in [0.2, 0.25) is 0 Å². The van der Waals surface area contributed by atoms with Crippen molar-refractivity contribution >= 4 is 17.4 Å². The van der Waals surface area contributed by atoms with Crippen LogP contribution < -0.4 is 5.32 Å². The number of aromatic nitrogens is 2. The Morgan fingerprint density at radius 2 is 2.47 bits per heavy atom. The lowest BCUT2D eigenvalue weighted by molar-refractivity contribution is 0.128. The Bertz CT molecular complexity index is 370. The zero-order valence-corrected chi connectivity index (χ0v) is 10.5. The molecule has 1 unspecified atom stereocenters. The van der Waals surface area contributed by atoms with Gasteiger partial charge in [-0.25, -0.2) is 9.97 Å². The molecule has 1 N–H and O–H groups in total. The molecule has 1 saturated heterocycles. The van der Waals surface area contributed by atoms with Crippen LogP contribution >= 0.6 is 11.6 Å². The molecule has 0 aliphatic carbocycles. The Morgan fingerprint density at radius 3 is 3.18 bits per heavy atom. The predicted molar refractivity (Wildman–Crippen MR) is 65.2 cm³/mol. The zero-order valence-electron chi connectivity index (χ0n) is 9.78. The van der Waals surface area contributed by atoms with Crippen LogP contribution in [-0.4, -0.2) is 35.8 Å². The molecule has 6 heteroatoms. The lowest BCUT2D eigenvalue weighted by atomic mass is 10.2. The highest BCUT2D eigenvalue weighted by Crippen LogP contribution is 2.15. The molecule has 0 radical (unpaired) electrons. The zero-order chi connectivity index (χ0) is 12.1. The second-order valence-electron chi connectivity index (χ2n) is 3.83. The van der Waals surface area contributed by atoms with E-state index < -0.39 is 0 Å². The van der Waals surface area contributed by atoms with E-state index in [1.807, 2.05) is 6.92 Å². The third-order valence-electron chi connectivity index (χ3n) is 2.46. The van der Waals surface area contributed by atoms with Crippen molar-refractivity contribution in [1.82, 2.24) is 9.97 Å². The van der Waals surface area contributed by atoms with E-state index in [0.29, 0.717) is 36.8 Å². The van der Waals surface area contributed by atoms with Gasteiger partial charge in [0.05, 0.1) is 12.6 Å². The first-order valence-corrected chi connectivity index (χ1v) is 6.11. The van der Waals surface area contributed by atoms with Gasteiger partial charge < -0.3 is 14.8 Å². The van der Waals surface area contributed by atoms with Crippen molar-refractivity contribution in [3.05, 3.63) is 17.0 Å². The van der Waals surface area contributed by atoms with E-state index >= 15 is 0 Å². The van der Waals surface area contributed by atoms with Crippen LogP contribution in [0.15, 0.2) is 6.07 Å². The highest BCUT2D eigenvalue weighted by molar-refractivity contribution is 6.29. The molecule has 1 fully saturated rings. The lowest BCUT2D eigenvalue weighted by Crippen LogP contribution is -2.20. The van der Waals surface area contributed by atoms with Crippen molar-refractivity contribution < 1.29 is 9.47 Å². The van der Waals surface area contributed by atoms with Crippen molar-refractivity contribution in [3.63, 3.8) is 0 Å². The molecule has 94 valence electrons. The summed E-state index contributed by atoms with van der Waals surface area (Å²) in [5.41, 5.74) is 0. The first kappa shape index (κ1) is 12.5. The summed E-state index contributed by atoms with van der Waals surface area (Å²) in [6.45, 7) is 4.45. The first-order valence-electron chi connectivity index (χ1n) is 5.73. The predicted octanol–water partition coefficient (Wildman–Crippen LogP) is 1.87. The number of rotatable bonds is 5. The Hall–Kier alpha value is -0.910. The fourth-order valence-corrected chi connectivity index (χ4v) is 1.85. The van der Waals surface area contributed by atoms with Crippen molar-refractivity contribution in [2.45, 2.75) is 26.0 Å². The van der Waals surface area contributed by atoms with Crippen molar-refractivity contribution in [1.29, 1.82) is 0 Å². The van der Waals surface area contributed by atoms with E-state index in [9.17, 15) is 0 Å². The second-order valence-corrected chi connectivity index (χ2v) is 4.22. The van der Waals surface area contributed by atoms with Crippen LogP contribution in [0.2, 0.25) is 5.15 Å². The quantitative estimate of drug-likeness (QED) is 0.816. The monoisotopic (exact) mass is 257 g/mol. The van der Waals surface area contributed by atoms with E-state index in [0.717, 1.165) is 18.8 Å². The summed E-state index contributed by atoms with van der Waals surface area (Å²) in [6, 6.07) is 2.02. The number of anilines is 1. The van der Waals surface area contributed by atoms with Crippen LogP contribution in [0.25, 0.3) is 0 Å². The van der Waals surface area contributed by atoms with Gasteiger partial charge >= 0.3 is 0 Å². The van der Waals surface area contributed by atoms with Gasteiger partial charge in [0, 0.05) is 19.3 Å². The molecule has 0 amide bonds. The van der Waals surface area contributed by atoms with Crippen molar-refractivity contribution in [2.75, 3.05) is 25.1 Å². The second kappa shape index (κ2) is 6.14. The highest BCUT2D eigenvalue weighted by Gasteiger charge is 2.16. The maximum atomic E-state index is 5.94. The van der Waals surface area contributed by atoms with E-state index in [2.05, 4.69) is 15.3 Å². The van der Waals surface area contributed by atoms with Crippen LogP contribution in [0, 0.1) is 0 Å². The molecule has 1 aromatic rings. The Morgan fingerprint density at radius 1 is 1.59 bits per heavy atom. The van der Waals surface area contributed by atoms with Gasteiger partial charge in [-0.15, -0.1) is 0 Å². The van der Waals surface area contributed by atoms with Crippen molar-refractivity contribution in [3.8, 4) is 0 Å². The number of hydrogen-bond acceptors (Lipinski definition) is 5. The summed E-state index contributed by atoms with van der Waals surface area (Å²) >= 11 is 5.94. The molecule has 17 heavy (non-hydrogen) atoms. The molecular formula is C11H16ClN3O2. The average molecular weight is 258 g/mol. The maximum Gasteiger partial charge on any atom is 0.158 e. The SMILES string of the molecule is CCOCc1nc(Cl)cc(NC2CCOC2)n1. The fraction of sp³-hybridized carbons (Fsp3) is 0.636. The van der Waals surface area contributed by atoms with Crippen LogP contribution in [0.3, 0.4) is 0 Å². The van der Waals surface area contributed by atoms with Gasteiger partial charge in [-0.3, -0.25) is 0 Å². The minimum absolute atomic E-state index is 0.306. The number of hydrogen-bond donors (Lipinski definition) is 1. The molecule has 0 spiro atoms. The molecule has 2 rings (SSSR count).